The highest BCUT2D eigenvalue weighted by atomic mass is 32.2. The Balaban J connectivity index is 1.61. The molecule has 2 aliphatic heterocycles. The zero-order valence-electron chi connectivity index (χ0n) is 31.7. The maximum atomic E-state index is 13.2. The van der Waals surface area contributed by atoms with Crippen molar-refractivity contribution in [2.45, 2.75) is 109 Å². The van der Waals surface area contributed by atoms with E-state index in [4.69, 9.17) is 28.6 Å². The number of likely N-dealkylation sites (tertiary alicyclic amines) is 1. The van der Waals surface area contributed by atoms with E-state index in [0.717, 1.165) is 4.90 Å². The Labute approximate surface area is 328 Å². The largest absolute Gasteiger partial charge is 0.481 e. The summed E-state index contributed by atoms with van der Waals surface area (Å²) in [5, 5.41) is 54.2. The monoisotopic (exact) mass is 833 g/mol. The quantitative estimate of drug-likeness (QED) is 0.0390. The highest BCUT2D eigenvalue weighted by Crippen LogP contribution is 2.30. The lowest BCUT2D eigenvalue weighted by Crippen LogP contribution is -2.61. The summed E-state index contributed by atoms with van der Waals surface area (Å²) in [6, 6.07) is 3.03. The molecule has 2 heterocycles. The third kappa shape index (κ3) is 14.8. The van der Waals surface area contributed by atoms with Gasteiger partial charge in [0, 0.05) is 18.5 Å². The lowest BCUT2D eigenvalue weighted by molar-refractivity contribution is -0.271. The minimum absolute atomic E-state index is 0.00514. The SMILES string of the molecule is CC(C)(C)C(=O)OCc1ccc(CCCCNC(=O)CN2C(=O)[C@@H](NC(=O)CCC(=O)O)C[C@H]2COCCS(=O)(=O)O)cc1O[C@@H]1O[C@H](C(=O)O)[C@@H](O)[C@H](O)[C@H]1O. The molecule has 1 aromatic carbocycles. The van der Waals surface area contributed by atoms with Crippen molar-refractivity contribution in [3.63, 3.8) is 0 Å². The fourth-order valence-electron chi connectivity index (χ4n) is 5.75. The molecule has 7 atom stereocenters. The van der Waals surface area contributed by atoms with Crippen molar-refractivity contribution < 1.29 is 86.2 Å². The van der Waals surface area contributed by atoms with Gasteiger partial charge in [0.25, 0.3) is 10.1 Å². The molecule has 21 nitrogen and oxygen atoms in total. The van der Waals surface area contributed by atoms with Gasteiger partial charge in [-0.15, -0.1) is 0 Å². The van der Waals surface area contributed by atoms with Crippen molar-refractivity contribution in [1.29, 1.82) is 0 Å². The first-order valence-corrected chi connectivity index (χ1v) is 19.7. The van der Waals surface area contributed by atoms with Gasteiger partial charge in [0.2, 0.25) is 24.0 Å². The first-order chi connectivity index (χ1) is 26.6. The molecule has 1 aromatic rings. The number of aryl methyl sites for hydroxylation is 1. The number of benzene rings is 1. The van der Waals surface area contributed by atoms with Crippen LogP contribution >= 0.6 is 0 Å². The van der Waals surface area contributed by atoms with Gasteiger partial charge in [0.15, 0.2) is 6.10 Å². The van der Waals surface area contributed by atoms with E-state index < -0.39 is 119 Å². The number of aliphatic carboxylic acids is 2. The van der Waals surface area contributed by atoms with Crippen LogP contribution < -0.4 is 15.4 Å². The Hall–Kier alpha value is -4.45. The van der Waals surface area contributed by atoms with E-state index in [-0.39, 0.29) is 38.3 Å². The maximum Gasteiger partial charge on any atom is 0.335 e. The molecular formula is C35H51N3O18S. The molecule has 57 heavy (non-hydrogen) atoms. The van der Waals surface area contributed by atoms with Crippen LogP contribution in [-0.2, 0) is 66.1 Å². The van der Waals surface area contributed by atoms with E-state index in [9.17, 15) is 57.6 Å². The normalized spacial score (nSPS) is 23.8. The summed E-state index contributed by atoms with van der Waals surface area (Å²) in [5.41, 5.74) is 0.179. The van der Waals surface area contributed by atoms with E-state index in [1.54, 1.807) is 39.0 Å². The number of carboxylic acid groups (broad SMARTS) is 2. The van der Waals surface area contributed by atoms with Crippen molar-refractivity contribution in [2.24, 2.45) is 5.41 Å². The molecule has 0 aliphatic carbocycles. The van der Waals surface area contributed by atoms with Crippen molar-refractivity contribution in [3.05, 3.63) is 29.3 Å². The second kappa shape index (κ2) is 20.8. The summed E-state index contributed by atoms with van der Waals surface area (Å²) in [7, 11) is -4.31. The summed E-state index contributed by atoms with van der Waals surface area (Å²) in [5.74, 6) is -5.83. The number of ether oxygens (including phenoxy) is 4. The van der Waals surface area contributed by atoms with Gasteiger partial charge in [-0.2, -0.15) is 8.42 Å². The number of aliphatic hydroxyl groups excluding tert-OH is 3. The topological polar surface area (TPSA) is 322 Å². The van der Waals surface area contributed by atoms with Crippen LogP contribution in [0.5, 0.6) is 5.75 Å². The van der Waals surface area contributed by atoms with E-state index in [2.05, 4.69) is 10.6 Å². The van der Waals surface area contributed by atoms with Gasteiger partial charge in [0.1, 0.15) is 36.7 Å². The molecule has 3 rings (SSSR count). The van der Waals surface area contributed by atoms with Crippen molar-refractivity contribution in [2.75, 3.05) is 32.1 Å². The number of carbonyl (C=O) groups is 6. The number of esters is 1. The minimum atomic E-state index is -4.31. The average Bonchev–Trinajstić information content (AvgIpc) is 3.39. The zero-order chi connectivity index (χ0) is 42.7. The first kappa shape index (κ1) is 46.9. The Morgan fingerprint density at radius 1 is 0.982 bits per heavy atom. The molecule has 2 fully saturated rings. The van der Waals surface area contributed by atoms with Crippen LogP contribution in [0.3, 0.4) is 0 Å². The van der Waals surface area contributed by atoms with E-state index in [1.165, 1.54) is 0 Å². The van der Waals surface area contributed by atoms with Crippen LogP contribution in [0, 0.1) is 5.41 Å². The highest BCUT2D eigenvalue weighted by Gasteiger charge is 2.48. The van der Waals surface area contributed by atoms with Crippen LogP contribution in [0.25, 0.3) is 0 Å². The van der Waals surface area contributed by atoms with Gasteiger partial charge < -0.3 is 60.0 Å². The van der Waals surface area contributed by atoms with Gasteiger partial charge in [-0.05, 0) is 58.1 Å². The van der Waals surface area contributed by atoms with Crippen LogP contribution in [0.4, 0.5) is 0 Å². The number of hydrogen-bond acceptors (Lipinski definition) is 15. The molecule has 0 radical (unpaired) electrons. The molecule has 0 aromatic heterocycles. The zero-order valence-corrected chi connectivity index (χ0v) is 32.5. The second-order valence-corrected chi connectivity index (χ2v) is 16.2. The third-order valence-electron chi connectivity index (χ3n) is 8.91. The van der Waals surface area contributed by atoms with Crippen LogP contribution in [0.15, 0.2) is 18.2 Å². The molecule has 0 bridgehead atoms. The second-order valence-electron chi connectivity index (χ2n) is 14.7. The minimum Gasteiger partial charge on any atom is -0.481 e. The number of unbranched alkanes of at least 4 members (excludes halogenated alkanes) is 1. The maximum absolute atomic E-state index is 13.2. The molecule has 320 valence electrons. The summed E-state index contributed by atoms with van der Waals surface area (Å²) < 4.78 is 52.8. The van der Waals surface area contributed by atoms with E-state index in [0.29, 0.717) is 30.4 Å². The Morgan fingerprint density at radius 3 is 2.32 bits per heavy atom. The first-order valence-electron chi connectivity index (χ1n) is 18.1. The number of carbonyl (C=O) groups excluding carboxylic acids is 4. The molecule has 3 amide bonds. The van der Waals surface area contributed by atoms with E-state index >= 15 is 0 Å². The molecule has 2 aliphatic rings. The van der Waals surface area contributed by atoms with Gasteiger partial charge in [-0.25, -0.2) is 4.79 Å². The molecule has 8 N–H and O–H groups in total. The number of nitrogens with one attached hydrogen (secondary N) is 2. The van der Waals surface area contributed by atoms with Gasteiger partial charge >= 0.3 is 17.9 Å². The molecular weight excluding hydrogens is 782 g/mol. The van der Waals surface area contributed by atoms with Gasteiger partial charge in [-0.3, -0.25) is 28.5 Å². The van der Waals surface area contributed by atoms with Crippen LogP contribution in [0.1, 0.15) is 64.0 Å². The molecule has 0 saturated carbocycles. The van der Waals surface area contributed by atoms with Crippen LogP contribution in [0.2, 0.25) is 0 Å². The standard InChI is InChI=1S/C35H51N3O18S/c1-35(2,3)34(49)54-17-20-8-7-19(14-23(20)55-33-29(45)27(43)28(44)30(56-33)32(47)48)6-4-5-11-36-25(40)16-38-21(18-53-12-13-57(50,51)52)15-22(31(38)46)37-24(39)9-10-26(41)42/h7-8,14,21-22,27-30,33,43-45H,4-6,9-13,15-18H2,1-3H3,(H,36,40)(H,37,39)(H,41,42)(H,47,48)(H,50,51,52)/t21-,22-,27-,28-,29+,30-,33+/m0/s1. The number of aliphatic hydroxyl groups is 3. The fourth-order valence-corrected chi connectivity index (χ4v) is 6.08. The number of hydrogen-bond donors (Lipinski definition) is 8. The summed E-state index contributed by atoms with van der Waals surface area (Å²) in [4.78, 5) is 74.3. The number of amides is 3. The Bertz CT molecular complexity index is 1720. The van der Waals surface area contributed by atoms with Gasteiger partial charge in [0.05, 0.1) is 43.4 Å². The molecule has 0 unspecified atom stereocenters. The fraction of sp³-hybridized carbons (Fsp3) is 0.657. The predicted octanol–water partition coefficient (Wildman–Crippen LogP) is -1.66. The number of rotatable bonds is 21. The molecule has 2 saturated heterocycles. The highest BCUT2D eigenvalue weighted by molar-refractivity contribution is 7.85. The van der Waals surface area contributed by atoms with Crippen molar-refractivity contribution in [1.82, 2.24) is 15.5 Å². The summed E-state index contributed by atoms with van der Waals surface area (Å²) >= 11 is 0. The number of nitrogens with zero attached hydrogens (tertiary/aromatic N) is 1. The summed E-state index contributed by atoms with van der Waals surface area (Å²) in [6.45, 7) is 3.85. The molecule has 0 spiro atoms. The summed E-state index contributed by atoms with van der Waals surface area (Å²) in [6.07, 6.45) is -8.79. The Kier molecular flexibility index (Phi) is 17.1. The Morgan fingerprint density at radius 2 is 1.68 bits per heavy atom. The van der Waals surface area contributed by atoms with Gasteiger partial charge in [-0.1, -0.05) is 12.1 Å². The smallest absolute Gasteiger partial charge is 0.335 e. The lowest BCUT2D eigenvalue weighted by atomic mass is 9.97. The third-order valence-corrected chi connectivity index (χ3v) is 9.60. The lowest BCUT2D eigenvalue weighted by Gasteiger charge is -2.38. The molecule has 22 heteroatoms. The van der Waals surface area contributed by atoms with E-state index in [1.807, 2.05) is 0 Å². The van der Waals surface area contributed by atoms with Crippen molar-refractivity contribution in [3.8, 4) is 5.75 Å². The predicted molar refractivity (Wildman–Crippen MR) is 193 cm³/mol. The van der Waals surface area contributed by atoms with Crippen LogP contribution in [-0.4, -0.2) is 154 Å². The number of carboxylic acids is 2. The van der Waals surface area contributed by atoms with Crippen molar-refractivity contribution >= 4 is 45.7 Å². The average molecular weight is 834 g/mol.